The van der Waals surface area contributed by atoms with Gasteiger partial charge in [-0.05, 0) is 12.8 Å². The monoisotopic (exact) mass is 134 g/mol. The molecule has 0 spiro atoms. The number of rotatable bonds is 3. The van der Waals surface area contributed by atoms with E-state index in [0.29, 0.717) is 0 Å². The van der Waals surface area contributed by atoms with E-state index >= 15 is 0 Å². The van der Waals surface area contributed by atoms with Gasteiger partial charge in [-0.25, -0.2) is 0 Å². The highest BCUT2D eigenvalue weighted by molar-refractivity contribution is 4.61. The van der Waals surface area contributed by atoms with Crippen molar-refractivity contribution in [2.75, 3.05) is 6.61 Å². The van der Waals surface area contributed by atoms with Crippen LogP contribution in [0.15, 0.2) is 0 Å². The molecule has 0 rings (SSSR count). The van der Waals surface area contributed by atoms with Crippen molar-refractivity contribution in [3.8, 4) is 0 Å². The zero-order valence-electron chi connectivity index (χ0n) is 5.83. The van der Waals surface area contributed by atoms with Crippen molar-refractivity contribution in [1.82, 2.24) is 0 Å². The van der Waals surface area contributed by atoms with Gasteiger partial charge in [0.25, 0.3) is 0 Å². The van der Waals surface area contributed by atoms with Gasteiger partial charge in [0, 0.05) is 13.0 Å². The van der Waals surface area contributed by atoms with Gasteiger partial charge < -0.3 is 15.3 Å². The van der Waals surface area contributed by atoms with E-state index in [1.807, 2.05) is 0 Å². The van der Waals surface area contributed by atoms with Gasteiger partial charge >= 0.3 is 0 Å². The van der Waals surface area contributed by atoms with E-state index in [4.69, 9.17) is 15.3 Å². The molecule has 0 saturated heterocycles. The summed E-state index contributed by atoms with van der Waals surface area (Å²) < 4.78 is 0. The van der Waals surface area contributed by atoms with Gasteiger partial charge in [0.15, 0.2) is 5.79 Å². The van der Waals surface area contributed by atoms with Crippen LogP contribution in [0.4, 0.5) is 0 Å². The third-order valence-electron chi connectivity index (χ3n) is 1.05. The smallest absolute Gasteiger partial charge is 0.159 e. The van der Waals surface area contributed by atoms with E-state index in [0.717, 1.165) is 0 Å². The van der Waals surface area contributed by atoms with Gasteiger partial charge in [-0.15, -0.1) is 0 Å². The van der Waals surface area contributed by atoms with E-state index < -0.39 is 5.79 Å². The summed E-state index contributed by atoms with van der Waals surface area (Å²) in [5.74, 6) is -1.69. The highest BCUT2D eigenvalue weighted by atomic mass is 16.5. The number of aliphatic hydroxyl groups is 3. The molecule has 0 saturated carbocycles. The van der Waals surface area contributed by atoms with Crippen LogP contribution in [0.1, 0.15) is 20.3 Å². The van der Waals surface area contributed by atoms with Crippen LogP contribution in [0.25, 0.3) is 0 Å². The first-order valence-corrected chi connectivity index (χ1v) is 3.01. The molecule has 0 fully saturated rings. The van der Waals surface area contributed by atoms with E-state index in [2.05, 4.69) is 0 Å². The van der Waals surface area contributed by atoms with Crippen LogP contribution in [0, 0.1) is 5.92 Å². The SMILES string of the molecule is CC(CO)CC(C)(O)O. The first kappa shape index (κ1) is 8.88. The molecule has 3 heteroatoms. The molecule has 1 unspecified atom stereocenters. The maximum Gasteiger partial charge on any atom is 0.159 e. The van der Waals surface area contributed by atoms with Crippen molar-refractivity contribution >= 4 is 0 Å². The van der Waals surface area contributed by atoms with Crippen LogP contribution in [-0.2, 0) is 0 Å². The Bertz CT molecular complexity index is 74.9. The summed E-state index contributed by atoms with van der Waals surface area (Å²) >= 11 is 0. The lowest BCUT2D eigenvalue weighted by Crippen LogP contribution is -2.26. The highest BCUT2D eigenvalue weighted by Crippen LogP contribution is 2.11. The topological polar surface area (TPSA) is 60.7 Å². The van der Waals surface area contributed by atoms with Crippen LogP contribution in [0.2, 0.25) is 0 Å². The van der Waals surface area contributed by atoms with Crippen LogP contribution in [-0.4, -0.2) is 27.7 Å². The van der Waals surface area contributed by atoms with Gasteiger partial charge in [-0.2, -0.15) is 0 Å². The molecule has 0 aromatic heterocycles. The molecule has 1 atom stereocenters. The lowest BCUT2D eigenvalue weighted by molar-refractivity contribution is -0.159. The van der Waals surface area contributed by atoms with Crippen LogP contribution < -0.4 is 0 Å². The number of hydrogen-bond acceptors (Lipinski definition) is 3. The molecule has 9 heavy (non-hydrogen) atoms. The zero-order valence-corrected chi connectivity index (χ0v) is 5.83. The molecule has 0 amide bonds. The Kier molecular flexibility index (Phi) is 3.11. The van der Waals surface area contributed by atoms with Crippen molar-refractivity contribution in [2.45, 2.75) is 26.1 Å². The quantitative estimate of drug-likeness (QED) is 0.465. The molecule has 0 aliphatic carbocycles. The van der Waals surface area contributed by atoms with Crippen molar-refractivity contribution in [3.63, 3.8) is 0 Å². The summed E-state index contributed by atoms with van der Waals surface area (Å²) in [7, 11) is 0. The molecule has 3 nitrogen and oxygen atoms in total. The average molecular weight is 134 g/mol. The summed E-state index contributed by atoms with van der Waals surface area (Å²) in [4.78, 5) is 0. The Labute approximate surface area is 54.9 Å². The third-order valence-corrected chi connectivity index (χ3v) is 1.05. The standard InChI is InChI=1S/C6H14O3/c1-5(4-7)3-6(2,8)9/h5,7-9H,3-4H2,1-2H3. The van der Waals surface area contributed by atoms with E-state index in [1.165, 1.54) is 6.92 Å². The second-order valence-electron chi connectivity index (χ2n) is 2.71. The van der Waals surface area contributed by atoms with Crippen molar-refractivity contribution in [2.24, 2.45) is 5.92 Å². The Morgan fingerprint density at radius 3 is 2.00 bits per heavy atom. The summed E-state index contributed by atoms with van der Waals surface area (Å²) in [5.41, 5.74) is 0. The fourth-order valence-electron chi connectivity index (χ4n) is 0.725. The minimum atomic E-state index is -1.64. The first-order valence-electron chi connectivity index (χ1n) is 3.01. The molecule has 0 aromatic carbocycles. The molecule has 0 aliphatic heterocycles. The third kappa shape index (κ3) is 5.76. The van der Waals surface area contributed by atoms with Gasteiger partial charge in [0.05, 0.1) is 0 Å². The molecule has 3 N–H and O–H groups in total. The lowest BCUT2D eigenvalue weighted by Gasteiger charge is -2.18. The summed E-state index contributed by atoms with van der Waals surface area (Å²) in [5, 5.41) is 26.0. The largest absolute Gasteiger partial charge is 0.396 e. The zero-order chi connectivity index (χ0) is 7.49. The van der Waals surface area contributed by atoms with Gasteiger partial charge in [0.2, 0.25) is 0 Å². The normalized spacial score (nSPS) is 15.7. The second kappa shape index (κ2) is 3.15. The molecule has 0 radical (unpaired) electrons. The fraction of sp³-hybridized carbons (Fsp3) is 1.00. The predicted molar refractivity (Wildman–Crippen MR) is 33.7 cm³/mol. The van der Waals surface area contributed by atoms with E-state index in [1.54, 1.807) is 6.92 Å². The Morgan fingerprint density at radius 1 is 1.44 bits per heavy atom. The Morgan fingerprint density at radius 2 is 1.89 bits per heavy atom. The summed E-state index contributed by atoms with van der Waals surface area (Å²) in [6.45, 7) is 3.06. The van der Waals surface area contributed by atoms with Crippen molar-refractivity contribution < 1.29 is 15.3 Å². The van der Waals surface area contributed by atoms with Crippen molar-refractivity contribution in [1.29, 1.82) is 0 Å². The first-order chi connectivity index (χ1) is 3.95. The molecular formula is C6H14O3. The summed E-state index contributed by atoms with van der Waals surface area (Å²) in [6, 6.07) is 0. The minimum Gasteiger partial charge on any atom is -0.396 e. The average Bonchev–Trinajstić information content (AvgIpc) is 1.62. The fourth-order valence-corrected chi connectivity index (χ4v) is 0.725. The highest BCUT2D eigenvalue weighted by Gasteiger charge is 2.18. The molecule has 0 bridgehead atoms. The van der Waals surface area contributed by atoms with Crippen LogP contribution in [0.5, 0.6) is 0 Å². The Hall–Kier alpha value is -0.120. The molecule has 0 aliphatic rings. The van der Waals surface area contributed by atoms with Crippen molar-refractivity contribution in [3.05, 3.63) is 0 Å². The van der Waals surface area contributed by atoms with Gasteiger partial charge in [0.1, 0.15) is 0 Å². The predicted octanol–water partition coefficient (Wildman–Crippen LogP) is -0.294. The van der Waals surface area contributed by atoms with Crippen LogP contribution in [0.3, 0.4) is 0 Å². The molecule has 0 aromatic rings. The van der Waals surface area contributed by atoms with E-state index in [-0.39, 0.29) is 18.9 Å². The molecule has 56 valence electrons. The number of hydrogen-bond donors (Lipinski definition) is 3. The van der Waals surface area contributed by atoms with Crippen LogP contribution >= 0.6 is 0 Å². The molecular weight excluding hydrogens is 120 g/mol. The maximum atomic E-state index is 8.76. The van der Waals surface area contributed by atoms with E-state index in [9.17, 15) is 0 Å². The number of aliphatic hydroxyl groups excluding tert-OH is 1. The second-order valence-corrected chi connectivity index (χ2v) is 2.71. The van der Waals surface area contributed by atoms with Gasteiger partial charge in [-0.1, -0.05) is 6.92 Å². The maximum absolute atomic E-state index is 8.76. The van der Waals surface area contributed by atoms with Gasteiger partial charge in [-0.3, -0.25) is 0 Å². The molecule has 0 heterocycles. The minimum absolute atomic E-state index is 0.00326. The summed E-state index contributed by atoms with van der Waals surface area (Å²) in [6.07, 6.45) is 0.212. The lowest BCUT2D eigenvalue weighted by atomic mass is 10.0. The Balaban J connectivity index is 3.47.